The fraction of sp³-hybridized carbons (Fsp3) is 0.467. The molecule has 2 unspecified atom stereocenters. The first-order valence-corrected chi connectivity index (χ1v) is 6.40. The maximum atomic E-state index is 12.2. The Morgan fingerprint density at radius 1 is 1.11 bits per heavy atom. The van der Waals surface area contributed by atoms with Crippen LogP contribution >= 0.6 is 0 Å². The number of benzene rings is 1. The van der Waals surface area contributed by atoms with Crippen LogP contribution in [0.2, 0.25) is 0 Å². The van der Waals surface area contributed by atoms with Crippen molar-refractivity contribution < 1.29 is 14.3 Å². The van der Waals surface area contributed by atoms with Crippen molar-refractivity contribution in [1.29, 1.82) is 0 Å². The third-order valence-electron chi connectivity index (χ3n) is 3.11. The van der Waals surface area contributed by atoms with Crippen LogP contribution in [0.3, 0.4) is 0 Å². The molecule has 1 aromatic carbocycles. The van der Waals surface area contributed by atoms with Crippen molar-refractivity contribution in [1.82, 2.24) is 5.32 Å². The molecule has 2 atom stereocenters. The van der Waals surface area contributed by atoms with Crippen LogP contribution in [0.25, 0.3) is 0 Å². The minimum atomic E-state index is -0.608. The van der Waals surface area contributed by atoms with E-state index >= 15 is 0 Å². The van der Waals surface area contributed by atoms with Gasteiger partial charge in [0.1, 0.15) is 6.04 Å². The van der Waals surface area contributed by atoms with Gasteiger partial charge in [-0.25, -0.2) is 4.79 Å². The number of rotatable bonds is 5. The summed E-state index contributed by atoms with van der Waals surface area (Å²) in [5, 5.41) is 2.75. The first kappa shape index (κ1) is 15.2. The zero-order chi connectivity index (χ0) is 14.4. The second kappa shape index (κ2) is 6.92. The van der Waals surface area contributed by atoms with Crippen LogP contribution in [-0.4, -0.2) is 25.0 Å². The van der Waals surface area contributed by atoms with E-state index in [1.165, 1.54) is 7.11 Å². The van der Waals surface area contributed by atoms with E-state index in [1.807, 2.05) is 51.1 Å². The van der Waals surface area contributed by atoms with Gasteiger partial charge in [0.25, 0.3) is 0 Å². The van der Waals surface area contributed by atoms with Crippen LogP contribution in [-0.2, 0) is 14.3 Å². The second-order valence-electron chi connectivity index (χ2n) is 4.89. The van der Waals surface area contributed by atoms with Gasteiger partial charge in [-0.1, -0.05) is 44.2 Å². The van der Waals surface area contributed by atoms with E-state index in [2.05, 4.69) is 5.32 Å². The van der Waals surface area contributed by atoms with Crippen molar-refractivity contribution in [3.63, 3.8) is 0 Å². The molecule has 0 heterocycles. The fourth-order valence-electron chi connectivity index (χ4n) is 1.80. The highest BCUT2D eigenvalue weighted by Crippen LogP contribution is 2.15. The monoisotopic (exact) mass is 263 g/mol. The van der Waals surface area contributed by atoms with E-state index in [0.717, 1.165) is 5.56 Å². The maximum absolute atomic E-state index is 12.2. The van der Waals surface area contributed by atoms with Crippen molar-refractivity contribution in [2.24, 2.45) is 5.92 Å². The molecule has 1 rings (SSSR count). The van der Waals surface area contributed by atoms with E-state index in [1.54, 1.807) is 0 Å². The standard InChI is InChI=1S/C15H21NO3/c1-10(2)13(15(18)19-4)16-14(17)11(3)12-8-6-5-7-9-12/h5-11,13H,1-4H3,(H,16,17). The van der Waals surface area contributed by atoms with Gasteiger partial charge in [-0.05, 0) is 18.4 Å². The Hall–Kier alpha value is -1.84. The smallest absolute Gasteiger partial charge is 0.328 e. The van der Waals surface area contributed by atoms with Crippen molar-refractivity contribution in [3.8, 4) is 0 Å². The molecule has 0 saturated carbocycles. The Morgan fingerprint density at radius 3 is 2.16 bits per heavy atom. The molecule has 1 amide bonds. The van der Waals surface area contributed by atoms with Crippen LogP contribution in [0.5, 0.6) is 0 Å². The van der Waals surface area contributed by atoms with Crippen molar-refractivity contribution in [2.45, 2.75) is 32.7 Å². The predicted octanol–water partition coefficient (Wildman–Crippen LogP) is 2.10. The van der Waals surface area contributed by atoms with Crippen molar-refractivity contribution >= 4 is 11.9 Å². The predicted molar refractivity (Wildman–Crippen MR) is 73.6 cm³/mol. The largest absolute Gasteiger partial charge is 0.467 e. The van der Waals surface area contributed by atoms with Crippen LogP contribution in [0.1, 0.15) is 32.3 Å². The lowest BCUT2D eigenvalue weighted by molar-refractivity contribution is -0.146. The average Bonchev–Trinajstić information content (AvgIpc) is 2.43. The van der Waals surface area contributed by atoms with E-state index < -0.39 is 12.0 Å². The zero-order valence-electron chi connectivity index (χ0n) is 11.8. The number of hydrogen-bond acceptors (Lipinski definition) is 3. The quantitative estimate of drug-likeness (QED) is 0.828. The summed E-state index contributed by atoms with van der Waals surface area (Å²) in [7, 11) is 1.32. The SMILES string of the molecule is COC(=O)C(NC(=O)C(C)c1ccccc1)C(C)C. The second-order valence-corrected chi connectivity index (χ2v) is 4.89. The Bertz CT molecular complexity index is 428. The van der Waals surface area contributed by atoms with E-state index in [4.69, 9.17) is 4.74 Å². The Labute approximate surface area is 114 Å². The fourth-order valence-corrected chi connectivity index (χ4v) is 1.80. The van der Waals surface area contributed by atoms with Crippen LogP contribution < -0.4 is 5.32 Å². The molecule has 0 aliphatic rings. The molecule has 0 spiro atoms. The third-order valence-corrected chi connectivity index (χ3v) is 3.11. The molecule has 19 heavy (non-hydrogen) atoms. The molecule has 0 bridgehead atoms. The summed E-state index contributed by atoms with van der Waals surface area (Å²) in [4.78, 5) is 23.8. The zero-order valence-corrected chi connectivity index (χ0v) is 11.8. The summed E-state index contributed by atoms with van der Waals surface area (Å²) in [6.45, 7) is 5.56. The van der Waals surface area contributed by atoms with Gasteiger partial charge in [-0.2, -0.15) is 0 Å². The molecule has 4 heteroatoms. The molecular weight excluding hydrogens is 242 g/mol. The molecule has 0 saturated heterocycles. The van der Waals surface area contributed by atoms with Crippen LogP contribution in [0, 0.1) is 5.92 Å². The number of ether oxygens (including phenoxy) is 1. The van der Waals surface area contributed by atoms with Gasteiger partial charge in [0, 0.05) is 0 Å². The molecule has 0 aliphatic heterocycles. The van der Waals surface area contributed by atoms with Crippen molar-refractivity contribution in [3.05, 3.63) is 35.9 Å². The number of nitrogens with one attached hydrogen (secondary N) is 1. The molecular formula is C15H21NO3. The maximum Gasteiger partial charge on any atom is 0.328 e. The highest BCUT2D eigenvalue weighted by molar-refractivity contribution is 5.88. The van der Waals surface area contributed by atoms with Gasteiger partial charge in [0.2, 0.25) is 5.91 Å². The Balaban J connectivity index is 2.75. The van der Waals surface area contributed by atoms with Gasteiger partial charge in [0.15, 0.2) is 0 Å². The normalized spacial score (nSPS) is 13.7. The summed E-state index contributed by atoms with van der Waals surface area (Å²) in [6, 6.07) is 8.86. The van der Waals surface area contributed by atoms with Crippen LogP contribution in [0.4, 0.5) is 0 Å². The minimum Gasteiger partial charge on any atom is -0.467 e. The molecule has 0 aliphatic carbocycles. The Kier molecular flexibility index (Phi) is 5.55. The van der Waals surface area contributed by atoms with E-state index in [-0.39, 0.29) is 17.7 Å². The summed E-state index contributed by atoms with van der Waals surface area (Å²) in [5.74, 6) is -0.898. The molecule has 1 N–H and O–H groups in total. The first-order valence-electron chi connectivity index (χ1n) is 6.40. The number of carbonyl (C=O) groups excluding carboxylic acids is 2. The van der Waals surface area contributed by atoms with Gasteiger partial charge in [0.05, 0.1) is 13.0 Å². The number of esters is 1. The molecule has 1 aromatic rings. The molecule has 0 fully saturated rings. The number of hydrogen-bond donors (Lipinski definition) is 1. The lowest BCUT2D eigenvalue weighted by Crippen LogP contribution is -2.46. The molecule has 4 nitrogen and oxygen atoms in total. The lowest BCUT2D eigenvalue weighted by atomic mass is 9.98. The number of methoxy groups -OCH3 is 1. The summed E-state index contributed by atoms with van der Waals surface area (Å²) in [5.41, 5.74) is 0.923. The highest BCUT2D eigenvalue weighted by Gasteiger charge is 2.27. The summed E-state index contributed by atoms with van der Waals surface area (Å²) >= 11 is 0. The topological polar surface area (TPSA) is 55.4 Å². The Morgan fingerprint density at radius 2 is 1.68 bits per heavy atom. The number of amides is 1. The third kappa shape index (κ3) is 4.09. The van der Waals surface area contributed by atoms with Gasteiger partial charge < -0.3 is 10.1 Å². The molecule has 0 radical (unpaired) electrons. The van der Waals surface area contributed by atoms with Crippen molar-refractivity contribution in [2.75, 3.05) is 7.11 Å². The minimum absolute atomic E-state index is 0.0145. The van der Waals surface area contributed by atoms with Gasteiger partial charge >= 0.3 is 5.97 Å². The summed E-state index contributed by atoms with van der Waals surface area (Å²) < 4.78 is 4.71. The van der Waals surface area contributed by atoms with Gasteiger partial charge in [-0.3, -0.25) is 4.79 Å². The van der Waals surface area contributed by atoms with Crippen LogP contribution in [0.15, 0.2) is 30.3 Å². The highest BCUT2D eigenvalue weighted by atomic mass is 16.5. The lowest BCUT2D eigenvalue weighted by Gasteiger charge is -2.22. The van der Waals surface area contributed by atoms with E-state index in [0.29, 0.717) is 0 Å². The number of carbonyl (C=O) groups is 2. The van der Waals surface area contributed by atoms with E-state index in [9.17, 15) is 9.59 Å². The summed E-state index contributed by atoms with van der Waals surface area (Å²) in [6.07, 6.45) is 0. The molecule has 104 valence electrons. The first-order chi connectivity index (χ1) is 8.97. The molecule has 0 aromatic heterocycles. The van der Waals surface area contributed by atoms with Gasteiger partial charge in [-0.15, -0.1) is 0 Å². The average molecular weight is 263 g/mol.